The summed E-state index contributed by atoms with van der Waals surface area (Å²) in [4.78, 5) is 31.9. The molecule has 0 spiro atoms. The van der Waals surface area contributed by atoms with Gasteiger partial charge in [-0.2, -0.15) is 0 Å². The summed E-state index contributed by atoms with van der Waals surface area (Å²) < 4.78 is 14.5. The van der Waals surface area contributed by atoms with Crippen LogP contribution in [0.4, 0.5) is 10.2 Å². The van der Waals surface area contributed by atoms with Crippen LogP contribution in [-0.4, -0.2) is 20.4 Å². The van der Waals surface area contributed by atoms with Crippen molar-refractivity contribution >= 4 is 22.8 Å². The number of rotatable bonds is 4. The van der Waals surface area contributed by atoms with Crippen LogP contribution in [0.5, 0.6) is 0 Å². The Morgan fingerprint density at radius 1 is 1.27 bits per heavy atom. The minimum absolute atomic E-state index is 0.152. The molecule has 0 radical (unpaired) electrons. The molecule has 2 N–H and O–H groups in total. The minimum Gasteiger partial charge on any atom is -0.326 e. The number of halogens is 1. The molecule has 3 aromatic rings. The number of nitrogens with one attached hydrogen (secondary N) is 2. The number of aromatic nitrogens is 3. The number of aryl methyl sites for hydroxylation is 2. The Bertz CT molecular complexity index is 997. The highest BCUT2D eigenvalue weighted by molar-refractivity contribution is 5.95. The van der Waals surface area contributed by atoms with Gasteiger partial charge in [-0.3, -0.25) is 14.2 Å². The molecule has 26 heavy (non-hydrogen) atoms. The lowest BCUT2D eigenvalue weighted by molar-refractivity contribution is -0.123. The van der Waals surface area contributed by atoms with Crippen molar-refractivity contribution in [2.24, 2.45) is 5.41 Å². The number of benzene rings is 1. The zero-order chi connectivity index (χ0) is 18.9. The molecule has 136 valence electrons. The van der Waals surface area contributed by atoms with Gasteiger partial charge in [0.1, 0.15) is 17.3 Å². The number of amides is 1. The van der Waals surface area contributed by atoms with Crippen molar-refractivity contribution in [2.45, 2.75) is 33.7 Å². The quantitative estimate of drug-likeness (QED) is 0.754. The zero-order valence-electron chi connectivity index (χ0n) is 15.0. The molecular formula is C19H21FN4O2. The standard InChI is InChI=1S/C19H21FN4O2/c1-19(2,3)18(26)23-15-10-14-16(22-15)21-11-24(17(14)25)9-8-12-4-6-13(20)7-5-12/h4-7,10-11,22H,8-9H2,1-3H3,(H,23,26). The predicted octanol–water partition coefficient (Wildman–Crippen LogP) is 3.09. The fourth-order valence-electron chi connectivity index (χ4n) is 2.48. The Kier molecular flexibility index (Phi) is 4.63. The molecule has 0 fully saturated rings. The highest BCUT2D eigenvalue weighted by atomic mass is 19.1. The van der Waals surface area contributed by atoms with Gasteiger partial charge in [-0.25, -0.2) is 9.37 Å². The van der Waals surface area contributed by atoms with E-state index in [4.69, 9.17) is 0 Å². The van der Waals surface area contributed by atoms with Gasteiger partial charge in [-0.1, -0.05) is 32.9 Å². The fourth-order valence-corrected chi connectivity index (χ4v) is 2.48. The van der Waals surface area contributed by atoms with E-state index in [9.17, 15) is 14.0 Å². The normalized spacial score (nSPS) is 11.7. The molecule has 0 saturated carbocycles. The summed E-state index contributed by atoms with van der Waals surface area (Å²) in [7, 11) is 0. The third-order valence-corrected chi connectivity index (χ3v) is 4.10. The van der Waals surface area contributed by atoms with E-state index in [0.29, 0.717) is 29.8 Å². The number of hydrogen-bond acceptors (Lipinski definition) is 3. The van der Waals surface area contributed by atoms with Crippen LogP contribution >= 0.6 is 0 Å². The number of hydrogen-bond donors (Lipinski definition) is 2. The molecule has 0 unspecified atom stereocenters. The maximum Gasteiger partial charge on any atom is 0.262 e. The van der Waals surface area contributed by atoms with Gasteiger partial charge in [0.25, 0.3) is 5.56 Å². The summed E-state index contributed by atoms with van der Waals surface area (Å²) in [5.41, 5.74) is 0.632. The average Bonchev–Trinajstić information content (AvgIpc) is 2.98. The molecule has 3 rings (SSSR count). The van der Waals surface area contributed by atoms with Crippen LogP contribution in [-0.2, 0) is 17.8 Å². The van der Waals surface area contributed by atoms with Crippen LogP contribution < -0.4 is 10.9 Å². The van der Waals surface area contributed by atoms with Gasteiger partial charge in [-0.05, 0) is 30.2 Å². The van der Waals surface area contributed by atoms with Crippen molar-refractivity contribution in [3.8, 4) is 0 Å². The third kappa shape index (κ3) is 3.82. The van der Waals surface area contributed by atoms with Crippen LogP contribution in [0.25, 0.3) is 11.0 Å². The van der Waals surface area contributed by atoms with Crippen molar-refractivity contribution in [3.05, 3.63) is 58.4 Å². The maximum absolute atomic E-state index is 13.0. The molecule has 0 aliphatic carbocycles. The maximum atomic E-state index is 13.0. The van der Waals surface area contributed by atoms with Crippen molar-refractivity contribution in [2.75, 3.05) is 5.32 Å². The van der Waals surface area contributed by atoms with Gasteiger partial charge in [-0.15, -0.1) is 0 Å². The lowest BCUT2D eigenvalue weighted by Gasteiger charge is -2.16. The van der Waals surface area contributed by atoms with Crippen LogP contribution in [0.3, 0.4) is 0 Å². The average molecular weight is 356 g/mol. The molecule has 7 heteroatoms. The number of carbonyl (C=O) groups excluding carboxylic acids is 1. The van der Waals surface area contributed by atoms with Crippen molar-refractivity contribution < 1.29 is 9.18 Å². The van der Waals surface area contributed by atoms with E-state index in [0.717, 1.165) is 5.56 Å². The first-order chi connectivity index (χ1) is 12.2. The molecule has 2 aromatic heterocycles. The first-order valence-electron chi connectivity index (χ1n) is 8.38. The molecule has 0 aliphatic rings. The second-order valence-corrected chi connectivity index (χ2v) is 7.27. The van der Waals surface area contributed by atoms with E-state index < -0.39 is 5.41 Å². The second kappa shape index (κ2) is 6.74. The van der Waals surface area contributed by atoms with Gasteiger partial charge >= 0.3 is 0 Å². The predicted molar refractivity (Wildman–Crippen MR) is 98.5 cm³/mol. The molecule has 2 heterocycles. The minimum atomic E-state index is -0.542. The number of aromatic amines is 1. The van der Waals surface area contributed by atoms with Crippen LogP contribution in [0.1, 0.15) is 26.3 Å². The van der Waals surface area contributed by atoms with Gasteiger partial charge in [0.05, 0.1) is 11.7 Å². The Morgan fingerprint density at radius 3 is 2.62 bits per heavy atom. The highest BCUT2D eigenvalue weighted by Crippen LogP contribution is 2.19. The smallest absolute Gasteiger partial charge is 0.262 e. The van der Waals surface area contributed by atoms with Crippen molar-refractivity contribution in [3.63, 3.8) is 0 Å². The molecule has 0 atom stereocenters. The van der Waals surface area contributed by atoms with E-state index in [-0.39, 0.29) is 17.3 Å². The number of nitrogens with zero attached hydrogens (tertiary/aromatic N) is 2. The summed E-state index contributed by atoms with van der Waals surface area (Å²) >= 11 is 0. The summed E-state index contributed by atoms with van der Waals surface area (Å²) in [6.07, 6.45) is 2.06. The summed E-state index contributed by atoms with van der Waals surface area (Å²) in [6.45, 7) is 5.87. The molecule has 1 aromatic carbocycles. The van der Waals surface area contributed by atoms with Gasteiger partial charge < -0.3 is 10.3 Å². The lowest BCUT2D eigenvalue weighted by atomic mass is 9.96. The zero-order valence-corrected chi connectivity index (χ0v) is 15.0. The number of carbonyl (C=O) groups is 1. The number of H-pyrrole nitrogens is 1. The van der Waals surface area contributed by atoms with E-state index in [2.05, 4.69) is 15.3 Å². The first kappa shape index (κ1) is 17.8. The number of fused-ring (bicyclic) bond motifs is 1. The summed E-state index contributed by atoms with van der Waals surface area (Å²) in [5, 5.41) is 3.18. The van der Waals surface area contributed by atoms with E-state index >= 15 is 0 Å². The van der Waals surface area contributed by atoms with Gasteiger partial charge in [0.15, 0.2) is 0 Å². The Hall–Kier alpha value is -2.96. The highest BCUT2D eigenvalue weighted by Gasteiger charge is 2.22. The summed E-state index contributed by atoms with van der Waals surface area (Å²) in [5.74, 6) is 0.00709. The van der Waals surface area contributed by atoms with Crippen LogP contribution in [0.15, 0.2) is 41.5 Å². The van der Waals surface area contributed by atoms with E-state index in [1.807, 2.05) is 20.8 Å². The molecule has 1 amide bonds. The van der Waals surface area contributed by atoms with E-state index in [1.54, 1.807) is 18.2 Å². The Balaban J connectivity index is 1.80. The first-order valence-corrected chi connectivity index (χ1v) is 8.38. The monoisotopic (exact) mass is 356 g/mol. The molecular weight excluding hydrogens is 335 g/mol. The topological polar surface area (TPSA) is 79.8 Å². The largest absolute Gasteiger partial charge is 0.326 e. The molecule has 0 aliphatic heterocycles. The number of anilines is 1. The fraction of sp³-hybridized carbons (Fsp3) is 0.316. The summed E-state index contributed by atoms with van der Waals surface area (Å²) in [6, 6.07) is 7.79. The van der Waals surface area contributed by atoms with Crippen molar-refractivity contribution in [1.82, 2.24) is 14.5 Å². The second-order valence-electron chi connectivity index (χ2n) is 7.27. The third-order valence-electron chi connectivity index (χ3n) is 4.10. The van der Waals surface area contributed by atoms with Crippen LogP contribution in [0.2, 0.25) is 0 Å². The van der Waals surface area contributed by atoms with Crippen LogP contribution in [0, 0.1) is 11.2 Å². The molecule has 6 nitrogen and oxygen atoms in total. The van der Waals surface area contributed by atoms with E-state index in [1.165, 1.54) is 23.0 Å². The van der Waals surface area contributed by atoms with Crippen molar-refractivity contribution in [1.29, 1.82) is 0 Å². The Morgan fingerprint density at radius 2 is 1.96 bits per heavy atom. The lowest BCUT2D eigenvalue weighted by Crippen LogP contribution is -2.27. The molecule has 0 bridgehead atoms. The Labute approximate surface area is 150 Å². The van der Waals surface area contributed by atoms with Gasteiger partial charge in [0, 0.05) is 12.0 Å². The SMILES string of the molecule is CC(C)(C)C(=O)Nc1cc2c(=O)n(CCc3ccc(F)cc3)cnc2[nH]1. The van der Waals surface area contributed by atoms with Gasteiger partial charge in [0.2, 0.25) is 5.91 Å². The molecule has 0 saturated heterocycles.